The van der Waals surface area contributed by atoms with Crippen LogP contribution in [-0.4, -0.2) is 25.6 Å². The van der Waals surface area contributed by atoms with Crippen LogP contribution in [0.4, 0.5) is 0 Å². The third-order valence-electron chi connectivity index (χ3n) is 3.97. The maximum atomic E-state index is 12.5. The Balaban J connectivity index is 2.16. The Kier molecular flexibility index (Phi) is 5.84. The first kappa shape index (κ1) is 16.5. The van der Waals surface area contributed by atoms with E-state index in [1.165, 1.54) is 0 Å². The molecule has 1 aliphatic carbocycles. The van der Waals surface area contributed by atoms with Crippen LogP contribution in [0, 0.1) is 0 Å². The topological polar surface area (TPSA) is 63.1 Å². The molecule has 0 saturated heterocycles. The molecule has 0 atom stereocenters. The first-order valence-electron chi connectivity index (χ1n) is 7.99. The van der Waals surface area contributed by atoms with E-state index in [2.05, 4.69) is 17.0 Å². The van der Waals surface area contributed by atoms with Crippen LogP contribution in [0.2, 0.25) is 0 Å². The molecule has 0 unspecified atom stereocenters. The van der Waals surface area contributed by atoms with Gasteiger partial charge in [0, 0.05) is 31.0 Å². The van der Waals surface area contributed by atoms with Crippen LogP contribution < -0.4 is 10.0 Å². The van der Waals surface area contributed by atoms with Crippen molar-refractivity contribution in [2.45, 2.75) is 70.0 Å². The fourth-order valence-electron chi connectivity index (χ4n) is 2.85. The molecule has 0 bridgehead atoms. The van der Waals surface area contributed by atoms with Gasteiger partial charge in [-0.05, 0) is 31.9 Å². The Hall–Kier alpha value is -0.850. The number of aryl methyl sites for hydroxylation is 1. The molecule has 1 aromatic heterocycles. The summed E-state index contributed by atoms with van der Waals surface area (Å²) in [5.41, 5.74) is 1.03. The maximum Gasteiger partial charge on any atom is 0.242 e. The van der Waals surface area contributed by atoms with E-state index >= 15 is 0 Å². The van der Waals surface area contributed by atoms with Crippen LogP contribution in [0.3, 0.4) is 0 Å². The number of hydrogen-bond donors (Lipinski definition) is 2. The van der Waals surface area contributed by atoms with Gasteiger partial charge in [-0.1, -0.05) is 26.7 Å². The number of aromatic nitrogens is 1. The van der Waals surface area contributed by atoms with Crippen molar-refractivity contribution in [1.29, 1.82) is 0 Å². The molecule has 1 saturated carbocycles. The van der Waals surface area contributed by atoms with Gasteiger partial charge in [-0.2, -0.15) is 0 Å². The highest BCUT2D eigenvalue weighted by atomic mass is 32.2. The first-order valence-corrected chi connectivity index (χ1v) is 9.47. The number of rotatable bonds is 8. The molecule has 2 N–H and O–H groups in total. The predicted molar refractivity (Wildman–Crippen MR) is 84.7 cm³/mol. The van der Waals surface area contributed by atoms with E-state index in [0.29, 0.717) is 11.4 Å². The van der Waals surface area contributed by atoms with Crippen LogP contribution in [0.25, 0.3) is 0 Å². The molecule has 1 heterocycles. The molecule has 0 radical (unpaired) electrons. The highest BCUT2D eigenvalue weighted by Crippen LogP contribution is 2.21. The lowest BCUT2D eigenvalue weighted by Gasteiger charge is -2.11. The van der Waals surface area contributed by atoms with Gasteiger partial charge in [-0.3, -0.25) is 0 Å². The summed E-state index contributed by atoms with van der Waals surface area (Å²) in [6.45, 7) is 6.57. The minimum absolute atomic E-state index is 0.113. The minimum atomic E-state index is -3.39. The van der Waals surface area contributed by atoms with Crippen molar-refractivity contribution >= 4 is 10.0 Å². The van der Waals surface area contributed by atoms with E-state index in [-0.39, 0.29) is 6.04 Å². The summed E-state index contributed by atoms with van der Waals surface area (Å²) in [6.07, 6.45) is 6.92. The van der Waals surface area contributed by atoms with Gasteiger partial charge in [-0.25, -0.2) is 13.1 Å². The Morgan fingerprint density at radius 3 is 2.62 bits per heavy atom. The van der Waals surface area contributed by atoms with Gasteiger partial charge in [0.1, 0.15) is 0 Å². The third-order valence-corrected chi connectivity index (χ3v) is 5.46. The Morgan fingerprint density at radius 1 is 1.29 bits per heavy atom. The number of hydrogen-bond acceptors (Lipinski definition) is 3. The molecule has 0 aliphatic heterocycles. The van der Waals surface area contributed by atoms with Gasteiger partial charge in [0.05, 0.1) is 4.90 Å². The SMILES string of the molecule is CCCn1cc(S(=O)(=O)NC2CCCC2)cc1CNCC. The minimum Gasteiger partial charge on any atom is -0.349 e. The zero-order chi connectivity index (χ0) is 15.3. The fourth-order valence-corrected chi connectivity index (χ4v) is 4.22. The molecule has 0 amide bonds. The van der Waals surface area contributed by atoms with E-state index in [9.17, 15) is 8.42 Å². The average Bonchev–Trinajstić information content (AvgIpc) is 3.06. The normalized spacial score (nSPS) is 16.7. The maximum absolute atomic E-state index is 12.5. The zero-order valence-corrected chi connectivity index (χ0v) is 13.9. The van der Waals surface area contributed by atoms with Crippen molar-refractivity contribution < 1.29 is 8.42 Å². The lowest BCUT2D eigenvalue weighted by Crippen LogP contribution is -2.32. The van der Waals surface area contributed by atoms with Crippen LogP contribution in [-0.2, 0) is 23.1 Å². The molecular formula is C15H27N3O2S. The second-order valence-electron chi connectivity index (χ2n) is 5.74. The molecule has 1 aromatic rings. The number of nitrogens with zero attached hydrogens (tertiary/aromatic N) is 1. The summed E-state index contributed by atoms with van der Waals surface area (Å²) in [6, 6.07) is 1.91. The second kappa shape index (κ2) is 7.42. The zero-order valence-electron chi connectivity index (χ0n) is 13.1. The van der Waals surface area contributed by atoms with Gasteiger partial charge in [0.2, 0.25) is 10.0 Å². The number of nitrogens with one attached hydrogen (secondary N) is 2. The molecule has 120 valence electrons. The van der Waals surface area contributed by atoms with Crippen molar-refractivity contribution in [2.24, 2.45) is 0 Å². The summed E-state index contributed by atoms with van der Waals surface area (Å²) < 4.78 is 29.9. The van der Waals surface area contributed by atoms with E-state index in [1.807, 2.05) is 11.5 Å². The monoisotopic (exact) mass is 313 g/mol. The summed E-state index contributed by atoms with van der Waals surface area (Å²) in [4.78, 5) is 0.399. The Bertz CT molecular complexity index is 545. The molecule has 1 fully saturated rings. The Labute approximate surface area is 128 Å². The van der Waals surface area contributed by atoms with E-state index in [4.69, 9.17) is 0 Å². The van der Waals surface area contributed by atoms with Crippen molar-refractivity contribution in [1.82, 2.24) is 14.6 Å². The van der Waals surface area contributed by atoms with Crippen molar-refractivity contribution in [3.8, 4) is 0 Å². The largest absolute Gasteiger partial charge is 0.349 e. The smallest absolute Gasteiger partial charge is 0.242 e. The average molecular weight is 313 g/mol. The van der Waals surface area contributed by atoms with Crippen molar-refractivity contribution in [3.63, 3.8) is 0 Å². The second-order valence-corrected chi connectivity index (χ2v) is 7.46. The quantitative estimate of drug-likeness (QED) is 0.773. The first-order chi connectivity index (χ1) is 10.1. The summed E-state index contributed by atoms with van der Waals surface area (Å²) in [7, 11) is -3.39. The molecule has 2 rings (SSSR count). The molecule has 1 aliphatic rings. The summed E-state index contributed by atoms with van der Waals surface area (Å²) >= 11 is 0. The Morgan fingerprint density at radius 2 is 2.00 bits per heavy atom. The highest BCUT2D eigenvalue weighted by molar-refractivity contribution is 7.89. The van der Waals surface area contributed by atoms with Gasteiger partial charge < -0.3 is 9.88 Å². The molecule has 0 aromatic carbocycles. The fraction of sp³-hybridized carbons (Fsp3) is 0.733. The molecular weight excluding hydrogens is 286 g/mol. The van der Waals surface area contributed by atoms with E-state index < -0.39 is 10.0 Å². The van der Waals surface area contributed by atoms with Gasteiger partial charge >= 0.3 is 0 Å². The van der Waals surface area contributed by atoms with Gasteiger partial charge in [0.15, 0.2) is 0 Å². The third kappa shape index (κ3) is 4.31. The number of sulfonamides is 1. The molecule has 6 heteroatoms. The molecule has 5 nitrogen and oxygen atoms in total. The lowest BCUT2D eigenvalue weighted by molar-refractivity contribution is 0.551. The predicted octanol–water partition coefficient (Wildman–Crippen LogP) is 2.23. The summed E-state index contributed by atoms with van der Waals surface area (Å²) in [5, 5.41) is 3.27. The van der Waals surface area contributed by atoms with E-state index in [0.717, 1.165) is 50.9 Å². The van der Waals surface area contributed by atoms with Crippen LogP contribution in [0.15, 0.2) is 17.2 Å². The van der Waals surface area contributed by atoms with Crippen LogP contribution in [0.1, 0.15) is 51.6 Å². The lowest BCUT2D eigenvalue weighted by atomic mass is 10.3. The standard InChI is InChI=1S/C15H27N3O2S/c1-3-9-18-12-15(10-14(18)11-16-4-2)21(19,20)17-13-7-5-6-8-13/h10,12-13,16-17H,3-9,11H2,1-2H3. The van der Waals surface area contributed by atoms with Crippen molar-refractivity contribution in [2.75, 3.05) is 6.54 Å². The van der Waals surface area contributed by atoms with Gasteiger partial charge in [-0.15, -0.1) is 0 Å². The van der Waals surface area contributed by atoms with Crippen LogP contribution >= 0.6 is 0 Å². The highest BCUT2D eigenvalue weighted by Gasteiger charge is 2.24. The van der Waals surface area contributed by atoms with Crippen LogP contribution in [0.5, 0.6) is 0 Å². The molecule has 21 heavy (non-hydrogen) atoms. The van der Waals surface area contributed by atoms with E-state index in [1.54, 1.807) is 12.3 Å². The van der Waals surface area contributed by atoms with Crippen molar-refractivity contribution in [3.05, 3.63) is 18.0 Å². The van der Waals surface area contributed by atoms with Gasteiger partial charge in [0.25, 0.3) is 0 Å². The molecule has 0 spiro atoms. The summed E-state index contributed by atoms with van der Waals surface area (Å²) in [5.74, 6) is 0.